The van der Waals surface area contributed by atoms with E-state index < -0.39 is 0 Å². The van der Waals surface area contributed by atoms with Crippen LogP contribution in [0.25, 0.3) is 10.9 Å². The van der Waals surface area contributed by atoms with Crippen LogP contribution in [-0.4, -0.2) is 36.1 Å². The lowest BCUT2D eigenvalue weighted by molar-refractivity contribution is 0.285. The zero-order chi connectivity index (χ0) is 14.1. The maximum Gasteiger partial charge on any atom is 0.126 e. The largest absolute Gasteiger partial charge is 0.366 e. The van der Waals surface area contributed by atoms with Crippen molar-refractivity contribution in [3.8, 4) is 0 Å². The molecule has 3 rings (SSSR count). The highest BCUT2D eigenvalue weighted by molar-refractivity contribution is 6.35. The normalized spacial score (nSPS) is 22.6. The van der Waals surface area contributed by atoms with Crippen LogP contribution in [0.3, 0.4) is 0 Å². The molecule has 0 saturated heterocycles. The molecule has 4 heteroatoms. The summed E-state index contributed by atoms with van der Waals surface area (Å²) >= 11 is 6.23. The lowest BCUT2D eigenvalue weighted by Gasteiger charge is -2.27. The number of anilines is 1. The number of likely N-dealkylation sites (N-methyl/N-ethyl adjacent to an activating group) is 1. The van der Waals surface area contributed by atoms with E-state index in [0.717, 1.165) is 16.7 Å². The van der Waals surface area contributed by atoms with Gasteiger partial charge in [-0.15, -0.1) is 0 Å². The maximum atomic E-state index is 6.23. The van der Waals surface area contributed by atoms with Gasteiger partial charge in [-0.2, -0.15) is 0 Å². The molecule has 1 heterocycles. The van der Waals surface area contributed by atoms with Crippen LogP contribution in [0.15, 0.2) is 30.3 Å². The Morgan fingerprint density at radius 3 is 2.85 bits per heavy atom. The fraction of sp³-hybridized carbons (Fsp3) is 0.438. The second-order valence-electron chi connectivity index (χ2n) is 5.72. The van der Waals surface area contributed by atoms with Gasteiger partial charge in [0, 0.05) is 17.5 Å². The molecule has 2 aromatic rings. The van der Waals surface area contributed by atoms with Crippen LogP contribution in [0.2, 0.25) is 5.02 Å². The number of benzene rings is 1. The van der Waals surface area contributed by atoms with Gasteiger partial charge >= 0.3 is 0 Å². The van der Waals surface area contributed by atoms with Crippen molar-refractivity contribution in [3.63, 3.8) is 0 Å². The third-order valence-electron chi connectivity index (χ3n) is 4.15. The first-order chi connectivity index (χ1) is 9.65. The lowest BCUT2D eigenvalue weighted by atomic mass is 10.1. The first kappa shape index (κ1) is 13.7. The second kappa shape index (κ2) is 5.58. The highest BCUT2D eigenvalue weighted by Crippen LogP contribution is 2.27. The van der Waals surface area contributed by atoms with Gasteiger partial charge in [0.15, 0.2) is 0 Å². The number of fused-ring (bicyclic) bond motifs is 1. The topological polar surface area (TPSA) is 28.2 Å². The molecule has 0 amide bonds. The Hall–Kier alpha value is -1.32. The Morgan fingerprint density at radius 1 is 1.20 bits per heavy atom. The number of rotatable bonds is 3. The summed E-state index contributed by atoms with van der Waals surface area (Å²) in [5.41, 5.74) is 0.874. The van der Waals surface area contributed by atoms with Gasteiger partial charge in [0.2, 0.25) is 0 Å². The first-order valence-corrected chi connectivity index (χ1v) is 7.51. The molecule has 2 atom stereocenters. The summed E-state index contributed by atoms with van der Waals surface area (Å²) in [5.74, 6) is 0.921. The van der Waals surface area contributed by atoms with Crippen molar-refractivity contribution < 1.29 is 0 Å². The molecule has 1 aromatic heterocycles. The van der Waals surface area contributed by atoms with Crippen LogP contribution in [0.4, 0.5) is 5.82 Å². The van der Waals surface area contributed by atoms with Crippen LogP contribution < -0.4 is 5.32 Å². The number of hydrogen-bond donors (Lipinski definition) is 1. The van der Waals surface area contributed by atoms with E-state index in [2.05, 4.69) is 35.4 Å². The highest BCUT2D eigenvalue weighted by Gasteiger charge is 2.28. The van der Waals surface area contributed by atoms with E-state index >= 15 is 0 Å². The Morgan fingerprint density at radius 2 is 2.05 bits per heavy atom. The molecule has 106 valence electrons. The average molecular weight is 290 g/mol. The molecule has 0 unspecified atom stereocenters. The fourth-order valence-electron chi connectivity index (χ4n) is 3.11. The van der Waals surface area contributed by atoms with E-state index in [4.69, 9.17) is 11.6 Å². The number of pyridine rings is 1. The van der Waals surface area contributed by atoms with Gasteiger partial charge in [-0.1, -0.05) is 23.7 Å². The van der Waals surface area contributed by atoms with Gasteiger partial charge in [0.05, 0.1) is 10.5 Å². The molecule has 1 saturated carbocycles. The minimum absolute atomic E-state index is 0.470. The number of aromatic nitrogens is 1. The summed E-state index contributed by atoms with van der Waals surface area (Å²) in [4.78, 5) is 6.97. The van der Waals surface area contributed by atoms with Gasteiger partial charge in [-0.05, 0) is 51.6 Å². The molecule has 0 spiro atoms. The number of hydrogen-bond acceptors (Lipinski definition) is 3. The van der Waals surface area contributed by atoms with Gasteiger partial charge in [-0.3, -0.25) is 0 Å². The van der Waals surface area contributed by atoms with Gasteiger partial charge in [0.25, 0.3) is 0 Å². The lowest BCUT2D eigenvalue weighted by Crippen LogP contribution is -2.39. The molecule has 1 aliphatic carbocycles. The summed E-state index contributed by atoms with van der Waals surface area (Å²) in [7, 11) is 4.30. The highest BCUT2D eigenvalue weighted by atomic mass is 35.5. The SMILES string of the molecule is CN(C)[C@@H]1CCC[C@H]1Nc1ccc2cccc(Cl)c2n1. The summed E-state index contributed by atoms with van der Waals surface area (Å²) in [5, 5.41) is 5.37. The Kier molecular flexibility index (Phi) is 3.81. The molecule has 3 nitrogen and oxygen atoms in total. The molecule has 1 aromatic carbocycles. The predicted octanol–water partition coefficient (Wildman–Crippen LogP) is 3.78. The Balaban J connectivity index is 1.86. The molecular weight excluding hydrogens is 270 g/mol. The van der Waals surface area contributed by atoms with E-state index in [9.17, 15) is 0 Å². The van der Waals surface area contributed by atoms with Crippen molar-refractivity contribution in [2.75, 3.05) is 19.4 Å². The van der Waals surface area contributed by atoms with Crippen molar-refractivity contribution in [2.24, 2.45) is 0 Å². The third kappa shape index (κ3) is 2.60. The summed E-state index contributed by atoms with van der Waals surface area (Å²) < 4.78 is 0. The van der Waals surface area contributed by atoms with Gasteiger partial charge in [0.1, 0.15) is 5.82 Å². The summed E-state index contributed by atoms with van der Waals surface area (Å²) in [6.45, 7) is 0. The van der Waals surface area contributed by atoms with Crippen LogP contribution in [0.5, 0.6) is 0 Å². The van der Waals surface area contributed by atoms with Crippen LogP contribution >= 0.6 is 11.6 Å². The minimum Gasteiger partial charge on any atom is -0.366 e. The number of nitrogens with zero attached hydrogens (tertiary/aromatic N) is 2. The number of para-hydroxylation sites is 1. The van der Waals surface area contributed by atoms with E-state index in [1.807, 2.05) is 24.3 Å². The van der Waals surface area contributed by atoms with Gasteiger partial charge in [-0.25, -0.2) is 4.98 Å². The Labute approximate surface area is 124 Å². The van der Waals surface area contributed by atoms with E-state index in [0.29, 0.717) is 17.1 Å². The quantitative estimate of drug-likeness (QED) is 0.932. The maximum absolute atomic E-state index is 6.23. The predicted molar refractivity (Wildman–Crippen MR) is 85.5 cm³/mol. The van der Waals surface area contributed by atoms with Crippen molar-refractivity contribution in [3.05, 3.63) is 35.4 Å². The summed E-state index contributed by atoms with van der Waals surface area (Å²) in [6.07, 6.45) is 3.72. The minimum atomic E-state index is 0.470. The Bertz CT molecular complexity index is 612. The fourth-order valence-corrected chi connectivity index (χ4v) is 3.33. The first-order valence-electron chi connectivity index (χ1n) is 7.13. The molecule has 0 bridgehead atoms. The molecule has 0 aliphatic heterocycles. The smallest absolute Gasteiger partial charge is 0.126 e. The molecule has 1 fully saturated rings. The van der Waals surface area contributed by atoms with Crippen molar-refractivity contribution >= 4 is 28.3 Å². The monoisotopic (exact) mass is 289 g/mol. The number of halogens is 1. The second-order valence-corrected chi connectivity index (χ2v) is 6.13. The van der Waals surface area contributed by atoms with Crippen LogP contribution in [-0.2, 0) is 0 Å². The average Bonchev–Trinajstić information content (AvgIpc) is 2.88. The zero-order valence-electron chi connectivity index (χ0n) is 11.9. The molecule has 20 heavy (non-hydrogen) atoms. The molecular formula is C16H20ClN3. The van der Waals surface area contributed by atoms with E-state index in [-0.39, 0.29) is 0 Å². The van der Waals surface area contributed by atoms with Crippen molar-refractivity contribution in [1.29, 1.82) is 0 Å². The zero-order valence-corrected chi connectivity index (χ0v) is 12.7. The number of nitrogens with one attached hydrogen (secondary N) is 1. The standard InChI is InChI=1S/C16H20ClN3/c1-20(2)14-8-4-7-13(14)18-15-10-9-11-5-3-6-12(17)16(11)19-15/h3,5-6,9-10,13-14H,4,7-8H2,1-2H3,(H,18,19)/t13-,14-/m1/s1. The van der Waals surface area contributed by atoms with Crippen LogP contribution in [0.1, 0.15) is 19.3 Å². The summed E-state index contributed by atoms with van der Waals surface area (Å²) in [6, 6.07) is 11.1. The third-order valence-corrected chi connectivity index (χ3v) is 4.45. The van der Waals surface area contributed by atoms with E-state index in [1.54, 1.807) is 0 Å². The molecule has 1 aliphatic rings. The van der Waals surface area contributed by atoms with Crippen molar-refractivity contribution in [1.82, 2.24) is 9.88 Å². The van der Waals surface area contributed by atoms with E-state index in [1.165, 1.54) is 19.3 Å². The molecule has 1 N–H and O–H groups in total. The van der Waals surface area contributed by atoms with Gasteiger partial charge < -0.3 is 10.2 Å². The molecule has 0 radical (unpaired) electrons. The van der Waals surface area contributed by atoms with Crippen LogP contribution in [0, 0.1) is 0 Å². The van der Waals surface area contributed by atoms with Crippen molar-refractivity contribution in [2.45, 2.75) is 31.3 Å².